The van der Waals surface area contributed by atoms with E-state index >= 15 is 0 Å². The van der Waals surface area contributed by atoms with Crippen LogP contribution in [0.4, 0.5) is 0 Å². The average Bonchev–Trinajstić information content (AvgIpc) is 3.57. The third kappa shape index (κ3) is 2.07. The highest BCUT2D eigenvalue weighted by Crippen LogP contribution is 2.40. The maximum Gasteiger partial charge on any atom is 0.136 e. The van der Waals surface area contributed by atoms with E-state index in [0.717, 1.165) is 55.3 Å². The minimum atomic E-state index is 0.835. The number of nitrogens with zero attached hydrogens (tertiary/aromatic N) is 4. The van der Waals surface area contributed by atoms with Gasteiger partial charge in [-0.15, -0.1) is 0 Å². The topological polar surface area (TPSA) is 61.9 Å². The Hall–Kier alpha value is -4.32. The number of benzene rings is 3. The summed E-state index contributed by atoms with van der Waals surface area (Å²) >= 11 is 0. The van der Waals surface area contributed by atoms with E-state index in [9.17, 15) is 0 Å². The average molecular weight is 390 g/mol. The summed E-state index contributed by atoms with van der Waals surface area (Å²) in [5.74, 6) is 0. The summed E-state index contributed by atoms with van der Waals surface area (Å²) < 4.78 is 16.0. The summed E-state index contributed by atoms with van der Waals surface area (Å²) in [5.41, 5.74) is 5.32. The number of hydrogen-bond donors (Lipinski definition) is 0. The van der Waals surface area contributed by atoms with Crippen molar-refractivity contribution in [2.24, 2.45) is 0 Å². The second kappa shape index (κ2) is 5.61. The van der Waals surface area contributed by atoms with E-state index in [1.807, 2.05) is 70.3 Å². The minimum Gasteiger partial charge on any atom is -0.456 e. The third-order valence-corrected chi connectivity index (χ3v) is 5.57. The highest BCUT2D eigenvalue weighted by molar-refractivity contribution is 6.26. The predicted octanol–water partition coefficient (Wildman–Crippen LogP) is 5.86. The van der Waals surface area contributed by atoms with Crippen molar-refractivity contribution in [3.63, 3.8) is 0 Å². The molecular weight excluding hydrogens is 376 g/mol. The molecule has 0 atom stereocenters. The molecule has 6 nitrogen and oxygen atoms in total. The summed E-state index contributed by atoms with van der Waals surface area (Å²) in [4.78, 5) is 0. The molecular formula is C24H14N4O2. The Balaban J connectivity index is 1.61. The molecule has 4 aromatic heterocycles. The Morgan fingerprint density at radius 2 is 1.03 bits per heavy atom. The highest BCUT2D eigenvalue weighted by Gasteiger charge is 2.17. The first kappa shape index (κ1) is 15.6. The van der Waals surface area contributed by atoms with Crippen molar-refractivity contribution in [1.29, 1.82) is 0 Å². The molecule has 0 fully saturated rings. The summed E-state index contributed by atoms with van der Waals surface area (Å²) in [5, 5.41) is 12.9. The molecule has 7 aromatic rings. The normalized spacial score (nSPS) is 12.0. The van der Waals surface area contributed by atoms with Crippen LogP contribution in [0.15, 0.2) is 94.3 Å². The first-order chi connectivity index (χ1) is 14.8. The molecule has 0 aliphatic carbocycles. The van der Waals surface area contributed by atoms with Crippen LogP contribution < -0.4 is 0 Å². The lowest BCUT2D eigenvalue weighted by Gasteiger charge is -2.02. The molecule has 6 heteroatoms. The summed E-state index contributed by atoms with van der Waals surface area (Å²) in [6, 6.07) is 20.0. The summed E-state index contributed by atoms with van der Waals surface area (Å²) in [7, 11) is 0. The molecule has 4 heterocycles. The highest BCUT2D eigenvalue weighted by atomic mass is 16.3. The van der Waals surface area contributed by atoms with Crippen molar-refractivity contribution < 1.29 is 8.83 Å². The Morgan fingerprint density at radius 1 is 0.567 bits per heavy atom. The zero-order chi connectivity index (χ0) is 19.7. The van der Waals surface area contributed by atoms with Crippen molar-refractivity contribution in [2.45, 2.75) is 0 Å². The van der Waals surface area contributed by atoms with Crippen molar-refractivity contribution >= 4 is 43.9 Å². The molecule has 0 aliphatic heterocycles. The lowest BCUT2D eigenvalue weighted by atomic mass is 10.0. The lowest BCUT2D eigenvalue weighted by Crippen LogP contribution is -1.93. The van der Waals surface area contributed by atoms with Gasteiger partial charge < -0.3 is 8.83 Å². The number of aromatic nitrogens is 4. The van der Waals surface area contributed by atoms with Crippen molar-refractivity contribution in [2.75, 3.05) is 0 Å². The van der Waals surface area contributed by atoms with E-state index in [1.54, 1.807) is 12.4 Å². The first-order valence-electron chi connectivity index (χ1n) is 9.67. The van der Waals surface area contributed by atoms with E-state index < -0.39 is 0 Å². The monoisotopic (exact) mass is 390 g/mol. The fraction of sp³-hybridized carbons (Fsp3) is 0. The second-order valence-electron chi connectivity index (χ2n) is 7.28. The molecule has 0 saturated carbocycles. The van der Waals surface area contributed by atoms with E-state index in [-0.39, 0.29) is 0 Å². The van der Waals surface area contributed by atoms with Crippen LogP contribution in [-0.4, -0.2) is 19.6 Å². The van der Waals surface area contributed by atoms with Crippen molar-refractivity contribution in [1.82, 2.24) is 19.6 Å². The third-order valence-electron chi connectivity index (χ3n) is 5.57. The molecule has 0 spiro atoms. The molecule has 0 unspecified atom stereocenters. The molecule has 0 saturated heterocycles. The zero-order valence-corrected chi connectivity index (χ0v) is 15.7. The molecule has 7 rings (SSSR count). The molecule has 142 valence electrons. The van der Waals surface area contributed by atoms with E-state index in [0.29, 0.717) is 0 Å². The van der Waals surface area contributed by atoms with Gasteiger partial charge in [0.25, 0.3) is 0 Å². The van der Waals surface area contributed by atoms with Crippen LogP contribution >= 0.6 is 0 Å². The van der Waals surface area contributed by atoms with Gasteiger partial charge in [-0.2, -0.15) is 10.2 Å². The van der Waals surface area contributed by atoms with Gasteiger partial charge in [0, 0.05) is 46.3 Å². The van der Waals surface area contributed by atoms with E-state index in [1.165, 1.54) is 0 Å². The van der Waals surface area contributed by atoms with Crippen molar-refractivity contribution in [3.8, 4) is 11.4 Å². The molecule has 0 bridgehead atoms. The van der Waals surface area contributed by atoms with Gasteiger partial charge in [-0.1, -0.05) is 0 Å². The van der Waals surface area contributed by atoms with Crippen LogP contribution in [0.3, 0.4) is 0 Å². The SMILES string of the molecule is c1cnn(-c2ccc3oc4ccc5oc6ccc(-n7cccn7)cc6c5c4c3c2)c1. The first-order valence-corrected chi connectivity index (χ1v) is 9.67. The van der Waals surface area contributed by atoms with Gasteiger partial charge >= 0.3 is 0 Å². The number of furan rings is 2. The number of fused-ring (bicyclic) bond motifs is 7. The molecule has 0 amide bonds. The van der Waals surface area contributed by atoms with Crippen LogP contribution in [0.1, 0.15) is 0 Å². The number of hydrogen-bond acceptors (Lipinski definition) is 4. The standard InChI is InChI=1S/C24H14N4O2/c1-9-25-27(11-1)15-3-5-19-17(13-15)23-21(29-19)7-8-22-24(23)18-14-16(4-6-20(18)30-22)28-12-2-10-26-28/h1-14H. The Kier molecular flexibility index (Phi) is 2.91. The van der Waals surface area contributed by atoms with Crippen molar-refractivity contribution in [3.05, 3.63) is 85.5 Å². The molecule has 0 N–H and O–H groups in total. The predicted molar refractivity (Wildman–Crippen MR) is 115 cm³/mol. The van der Waals surface area contributed by atoms with Gasteiger partial charge in [0.1, 0.15) is 22.3 Å². The molecule has 0 radical (unpaired) electrons. The van der Waals surface area contributed by atoms with Gasteiger partial charge in [-0.05, 0) is 60.7 Å². The second-order valence-corrected chi connectivity index (χ2v) is 7.28. The Bertz CT molecular complexity index is 1560. The van der Waals surface area contributed by atoms with Gasteiger partial charge in [0.05, 0.1) is 11.4 Å². The van der Waals surface area contributed by atoms with Crippen LogP contribution in [0.25, 0.3) is 55.3 Å². The van der Waals surface area contributed by atoms with Gasteiger partial charge in [-0.25, -0.2) is 9.36 Å². The van der Waals surface area contributed by atoms with Gasteiger partial charge in [-0.3, -0.25) is 0 Å². The molecule has 3 aromatic carbocycles. The minimum absolute atomic E-state index is 0.835. The van der Waals surface area contributed by atoms with E-state index in [4.69, 9.17) is 8.83 Å². The van der Waals surface area contributed by atoms with Gasteiger partial charge in [0.15, 0.2) is 0 Å². The quantitative estimate of drug-likeness (QED) is 0.371. The maximum atomic E-state index is 6.16. The Labute approximate surface area is 169 Å². The lowest BCUT2D eigenvalue weighted by molar-refractivity contribution is 0.662. The zero-order valence-electron chi connectivity index (χ0n) is 15.7. The number of rotatable bonds is 2. The maximum absolute atomic E-state index is 6.16. The molecule has 0 aliphatic rings. The smallest absolute Gasteiger partial charge is 0.136 e. The van der Waals surface area contributed by atoms with E-state index in [2.05, 4.69) is 22.3 Å². The van der Waals surface area contributed by atoms with Gasteiger partial charge in [0.2, 0.25) is 0 Å². The van der Waals surface area contributed by atoms with Crippen LogP contribution in [-0.2, 0) is 0 Å². The largest absolute Gasteiger partial charge is 0.456 e. The Morgan fingerprint density at radius 3 is 1.47 bits per heavy atom. The summed E-state index contributed by atoms with van der Waals surface area (Å²) in [6.45, 7) is 0. The summed E-state index contributed by atoms with van der Waals surface area (Å²) in [6.07, 6.45) is 7.41. The fourth-order valence-corrected chi connectivity index (χ4v) is 4.24. The van der Waals surface area contributed by atoms with Crippen LogP contribution in [0.2, 0.25) is 0 Å². The fourth-order valence-electron chi connectivity index (χ4n) is 4.24. The molecule has 30 heavy (non-hydrogen) atoms. The van der Waals surface area contributed by atoms with Crippen LogP contribution in [0, 0.1) is 0 Å². The van der Waals surface area contributed by atoms with Crippen LogP contribution in [0.5, 0.6) is 0 Å².